The van der Waals surface area contributed by atoms with Crippen molar-refractivity contribution in [3.05, 3.63) is 33.7 Å². The van der Waals surface area contributed by atoms with Gasteiger partial charge in [-0.15, -0.1) is 0 Å². The number of aliphatic hydroxyl groups excluding tert-OH is 1. The molecule has 0 spiro atoms. The molecule has 1 amide bonds. The molecule has 1 aromatic rings. The number of amides is 1. The van der Waals surface area contributed by atoms with E-state index in [1.165, 1.54) is 19.3 Å². The molecule has 158 valence electrons. The molecule has 3 fully saturated rings. The Bertz CT molecular complexity index is 832. The minimum absolute atomic E-state index is 0.105. The van der Waals surface area contributed by atoms with E-state index in [4.69, 9.17) is 0 Å². The number of aromatic nitrogens is 1. The number of rotatable bonds is 3. The SMILES string of the molecule is O=C([C@@H]1C[C@@H](O)CN1)N1C[C@@H]2C[C@H](C1)c1ccc(CN3CCCCC3)c(=O)n1C2. The Balaban J connectivity index is 1.33. The topological polar surface area (TPSA) is 77.8 Å². The average Bonchev–Trinajstić information content (AvgIpc) is 3.17. The van der Waals surface area contributed by atoms with Crippen LogP contribution in [0.3, 0.4) is 0 Å². The van der Waals surface area contributed by atoms with E-state index >= 15 is 0 Å². The maximum absolute atomic E-state index is 13.2. The standard InChI is InChI=1S/C22H32N4O3/c27-18-9-19(23-10-18)22(29)25-11-15-8-17(14-25)20-5-4-16(21(28)26(20)12-15)13-24-6-2-1-3-7-24/h4-5,15,17-19,23,27H,1-3,6-14H2/t15-,17+,18+,19-/m0/s1. The van der Waals surface area contributed by atoms with Crippen LogP contribution in [0.4, 0.5) is 0 Å². The zero-order valence-corrected chi connectivity index (χ0v) is 17.1. The normalized spacial score (nSPS) is 32.2. The number of carbonyl (C=O) groups is 1. The Morgan fingerprint density at radius 2 is 1.93 bits per heavy atom. The molecule has 0 aromatic carbocycles. The lowest BCUT2D eigenvalue weighted by Gasteiger charge is -2.43. The van der Waals surface area contributed by atoms with Gasteiger partial charge in [0.25, 0.3) is 5.56 Å². The number of hydrogen-bond donors (Lipinski definition) is 2. The molecule has 5 rings (SSSR count). The Kier molecular flexibility index (Phi) is 5.22. The monoisotopic (exact) mass is 400 g/mol. The van der Waals surface area contributed by atoms with E-state index in [9.17, 15) is 14.7 Å². The summed E-state index contributed by atoms with van der Waals surface area (Å²) in [6.07, 6.45) is 4.88. The summed E-state index contributed by atoms with van der Waals surface area (Å²) in [5.74, 6) is 0.669. The molecule has 7 heteroatoms. The quantitative estimate of drug-likeness (QED) is 0.773. The van der Waals surface area contributed by atoms with Gasteiger partial charge < -0.3 is 19.9 Å². The molecule has 3 saturated heterocycles. The Morgan fingerprint density at radius 1 is 1.10 bits per heavy atom. The number of piperidine rings is 2. The summed E-state index contributed by atoms with van der Waals surface area (Å²) in [4.78, 5) is 30.5. The zero-order valence-electron chi connectivity index (χ0n) is 17.1. The lowest BCUT2D eigenvalue weighted by Crippen LogP contribution is -2.53. The van der Waals surface area contributed by atoms with Crippen molar-refractivity contribution < 1.29 is 9.90 Å². The molecular weight excluding hydrogens is 368 g/mol. The van der Waals surface area contributed by atoms with Crippen molar-refractivity contribution in [2.24, 2.45) is 5.92 Å². The van der Waals surface area contributed by atoms with Crippen LogP contribution in [0.15, 0.2) is 16.9 Å². The van der Waals surface area contributed by atoms with Crippen LogP contribution in [-0.4, -0.2) is 70.3 Å². The van der Waals surface area contributed by atoms with Crippen LogP contribution in [0.5, 0.6) is 0 Å². The van der Waals surface area contributed by atoms with Crippen LogP contribution >= 0.6 is 0 Å². The molecule has 4 atom stereocenters. The van der Waals surface area contributed by atoms with Crippen molar-refractivity contribution in [2.75, 3.05) is 32.7 Å². The van der Waals surface area contributed by atoms with E-state index in [2.05, 4.69) is 16.3 Å². The number of fused-ring (bicyclic) bond motifs is 4. The number of nitrogens with one attached hydrogen (secondary N) is 1. The maximum Gasteiger partial charge on any atom is 0.255 e. The summed E-state index contributed by atoms with van der Waals surface area (Å²) >= 11 is 0. The van der Waals surface area contributed by atoms with Gasteiger partial charge >= 0.3 is 0 Å². The van der Waals surface area contributed by atoms with Crippen molar-refractivity contribution in [1.29, 1.82) is 0 Å². The van der Waals surface area contributed by atoms with E-state index in [0.29, 0.717) is 38.5 Å². The van der Waals surface area contributed by atoms with Crippen molar-refractivity contribution in [3.8, 4) is 0 Å². The van der Waals surface area contributed by atoms with Crippen LogP contribution in [-0.2, 0) is 17.9 Å². The highest BCUT2D eigenvalue weighted by atomic mass is 16.3. The van der Waals surface area contributed by atoms with Crippen molar-refractivity contribution in [2.45, 2.75) is 63.3 Å². The van der Waals surface area contributed by atoms with Crippen LogP contribution in [0.25, 0.3) is 0 Å². The first-order chi connectivity index (χ1) is 14.1. The van der Waals surface area contributed by atoms with Crippen LogP contribution in [0.1, 0.15) is 49.3 Å². The fourth-order valence-corrected chi connectivity index (χ4v) is 5.78. The van der Waals surface area contributed by atoms with Crippen molar-refractivity contribution in [1.82, 2.24) is 19.7 Å². The highest BCUT2D eigenvalue weighted by molar-refractivity contribution is 5.82. The van der Waals surface area contributed by atoms with Crippen LogP contribution < -0.4 is 10.9 Å². The van der Waals surface area contributed by atoms with Gasteiger partial charge in [-0.3, -0.25) is 14.5 Å². The Morgan fingerprint density at radius 3 is 2.69 bits per heavy atom. The van der Waals surface area contributed by atoms with E-state index in [1.807, 2.05) is 15.5 Å². The minimum Gasteiger partial charge on any atom is -0.392 e. The third-order valence-electron chi connectivity index (χ3n) is 7.24. The van der Waals surface area contributed by atoms with Gasteiger partial charge in [0.1, 0.15) is 0 Å². The van der Waals surface area contributed by atoms with Gasteiger partial charge in [-0.2, -0.15) is 0 Å². The summed E-state index contributed by atoms with van der Waals surface area (Å²) in [6.45, 7) is 5.54. The lowest BCUT2D eigenvalue weighted by atomic mass is 9.82. The van der Waals surface area contributed by atoms with Crippen LogP contribution in [0.2, 0.25) is 0 Å². The summed E-state index contributed by atoms with van der Waals surface area (Å²) < 4.78 is 2.00. The summed E-state index contributed by atoms with van der Waals surface area (Å²) in [6, 6.07) is 3.89. The number of pyridine rings is 1. The summed E-state index contributed by atoms with van der Waals surface area (Å²) in [5, 5.41) is 12.9. The molecule has 2 N–H and O–H groups in total. The van der Waals surface area contributed by atoms with Gasteiger partial charge in [-0.25, -0.2) is 0 Å². The second-order valence-electron chi connectivity index (χ2n) is 9.43. The number of carbonyl (C=O) groups excluding carboxylic acids is 1. The highest BCUT2D eigenvalue weighted by Gasteiger charge is 2.39. The van der Waals surface area contributed by atoms with Crippen LogP contribution in [0, 0.1) is 5.92 Å². The smallest absolute Gasteiger partial charge is 0.255 e. The van der Waals surface area contributed by atoms with Gasteiger partial charge in [0, 0.05) is 49.9 Å². The molecule has 29 heavy (non-hydrogen) atoms. The number of nitrogens with zero attached hydrogens (tertiary/aromatic N) is 3. The minimum atomic E-state index is -0.425. The van der Waals surface area contributed by atoms with Gasteiger partial charge in [0.15, 0.2) is 0 Å². The first kappa shape index (κ1) is 19.3. The maximum atomic E-state index is 13.2. The zero-order chi connectivity index (χ0) is 20.0. The van der Waals surface area contributed by atoms with E-state index < -0.39 is 6.10 Å². The number of hydrogen-bond acceptors (Lipinski definition) is 5. The third-order valence-corrected chi connectivity index (χ3v) is 7.24. The van der Waals surface area contributed by atoms with E-state index in [1.54, 1.807) is 0 Å². The highest BCUT2D eigenvalue weighted by Crippen LogP contribution is 2.35. The Labute approximate surface area is 171 Å². The first-order valence-corrected chi connectivity index (χ1v) is 11.2. The molecular formula is C22H32N4O3. The molecule has 0 radical (unpaired) electrons. The van der Waals surface area contributed by atoms with E-state index in [-0.39, 0.29) is 23.4 Å². The molecule has 0 aliphatic carbocycles. The predicted molar refractivity (Wildman–Crippen MR) is 110 cm³/mol. The molecule has 0 saturated carbocycles. The van der Waals surface area contributed by atoms with Gasteiger partial charge in [0.2, 0.25) is 5.91 Å². The number of aliphatic hydroxyl groups is 1. The molecule has 1 aromatic heterocycles. The molecule has 4 aliphatic rings. The van der Waals surface area contributed by atoms with Crippen molar-refractivity contribution in [3.63, 3.8) is 0 Å². The lowest BCUT2D eigenvalue weighted by molar-refractivity contribution is -0.136. The molecule has 2 bridgehead atoms. The number of β-amino-alcohol motifs (C(OH)–C–C–N with tert-alkyl or cyclic N) is 1. The average molecular weight is 401 g/mol. The van der Waals surface area contributed by atoms with Crippen molar-refractivity contribution >= 4 is 5.91 Å². The molecule has 7 nitrogen and oxygen atoms in total. The van der Waals surface area contributed by atoms with Gasteiger partial charge in [0.05, 0.1) is 12.1 Å². The molecule has 0 unspecified atom stereocenters. The molecule has 5 heterocycles. The third kappa shape index (κ3) is 3.76. The summed E-state index contributed by atoms with van der Waals surface area (Å²) in [5.41, 5.74) is 2.17. The van der Waals surface area contributed by atoms with Gasteiger partial charge in [-0.05, 0) is 50.8 Å². The molecule has 4 aliphatic heterocycles. The first-order valence-electron chi connectivity index (χ1n) is 11.2. The predicted octanol–water partition coefficient (Wildman–Crippen LogP) is 0.503. The summed E-state index contributed by atoms with van der Waals surface area (Å²) in [7, 11) is 0. The fraction of sp³-hybridized carbons (Fsp3) is 0.727. The second kappa shape index (κ2) is 7.85. The second-order valence-corrected chi connectivity index (χ2v) is 9.43. The Hall–Kier alpha value is -1.70. The largest absolute Gasteiger partial charge is 0.392 e. The van der Waals surface area contributed by atoms with E-state index in [0.717, 1.165) is 37.3 Å². The van der Waals surface area contributed by atoms with Gasteiger partial charge in [-0.1, -0.05) is 12.5 Å². The number of likely N-dealkylation sites (tertiary alicyclic amines) is 2. The fourth-order valence-electron chi connectivity index (χ4n) is 5.78.